The van der Waals surface area contributed by atoms with Crippen LogP contribution in [0.1, 0.15) is 42.1 Å². The molecule has 29 heavy (non-hydrogen) atoms. The molecule has 156 valence electrons. The van der Waals surface area contributed by atoms with Gasteiger partial charge in [0, 0.05) is 18.9 Å². The number of benzene rings is 1. The van der Waals surface area contributed by atoms with Gasteiger partial charge in [0.1, 0.15) is 24.0 Å². The number of phenols is 1. The van der Waals surface area contributed by atoms with Crippen LogP contribution in [0.3, 0.4) is 0 Å². The monoisotopic (exact) mass is 400 g/mol. The maximum absolute atomic E-state index is 12.8. The van der Waals surface area contributed by atoms with Gasteiger partial charge in [-0.25, -0.2) is 9.59 Å². The maximum Gasteiger partial charge on any atom is 0.342 e. The van der Waals surface area contributed by atoms with Gasteiger partial charge >= 0.3 is 11.9 Å². The van der Waals surface area contributed by atoms with Crippen LogP contribution in [-0.2, 0) is 20.7 Å². The second-order valence-electron chi connectivity index (χ2n) is 7.09. The van der Waals surface area contributed by atoms with E-state index in [0.29, 0.717) is 18.4 Å². The minimum absolute atomic E-state index is 0.0166. The predicted octanol–water partition coefficient (Wildman–Crippen LogP) is 3.48. The van der Waals surface area contributed by atoms with Gasteiger partial charge in [0.15, 0.2) is 0 Å². The molecule has 6 heteroatoms. The molecule has 1 unspecified atom stereocenters. The zero-order chi connectivity index (χ0) is 21.2. The number of esters is 2. The summed E-state index contributed by atoms with van der Waals surface area (Å²) in [6.07, 6.45) is 8.45. The first-order valence-electron chi connectivity index (χ1n) is 9.71. The molecule has 0 aromatic heterocycles. The van der Waals surface area contributed by atoms with Gasteiger partial charge in [-0.05, 0) is 30.4 Å². The van der Waals surface area contributed by atoms with Gasteiger partial charge in [-0.2, -0.15) is 0 Å². The van der Waals surface area contributed by atoms with Crippen LogP contribution in [0.5, 0.6) is 5.75 Å². The number of rotatable bonds is 5. The molecule has 2 rings (SSSR count). The Bertz CT molecular complexity index is 780. The van der Waals surface area contributed by atoms with Crippen molar-refractivity contribution in [3.8, 4) is 5.75 Å². The Morgan fingerprint density at radius 2 is 2.17 bits per heavy atom. The van der Waals surface area contributed by atoms with Gasteiger partial charge in [0.05, 0.1) is 6.10 Å². The lowest BCUT2D eigenvalue weighted by molar-refractivity contribution is -0.136. The summed E-state index contributed by atoms with van der Waals surface area (Å²) in [4.78, 5) is 24.3. The van der Waals surface area contributed by atoms with Crippen molar-refractivity contribution in [1.82, 2.24) is 0 Å². The summed E-state index contributed by atoms with van der Waals surface area (Å²) in [6.45, 7) is 5.52. The van der Waals surface area contributed by atoms with Crippen LogP contribution in [0, 0.1) is 5.92 Å². The van der Waals surface area contributed by atoms with Crippen molar-refractivity contribution < 1.29 is 29.3 Å². The van der Waals surface area contributed by atoms with E-state index in [4.69, 9.17) is 9.47 Å². The van der Waals surface area contributed by atoms with Gasteiger partial charge in [-0.3, -0.25) is 0 Å². The van der Waals surface area contributed by atoms with Crippen LogP contribution < -0.4 is 0 Å². The lowest BCUT2D eigenvalue weighted by Crippen LogP contribution is -2.28. The van der Waals surface area contributed by atoms with Gasteiger partial charge < -0.3 is 19.7 Å². The van der Waals surface area contributed by atoms with Crippen molar-refractivity contribution in [3.05, 3.63) is 66.3 Å². The molecule has 0 spiro atoms. The first kappa shape index (κ1) is 22.4. The van der Waals surface area contributed by atoms with E-state index in [9.17, 15) is 19.8 Å². The van der Waals surface area contributed by atoms with E-state index >= 15 is 0 Å². The molecule has 0 bridgehead atoms. The SMILES string of the molecule is C=CCOC(=O)C=CCC1C[C@@H](O)[C@@H](C)CC=CCc2cccc(O)c2C(=O)O1. The highest BCUT2D eigenvalue weighted by atomic mass is 16.5. The van der Waals surface area contributed by atoms with E-state index in [1.807, 2.05) is 19.1 Å². The topological polar surface area (TPSA) is 93.1 Å². The summed E-state index contributed by atoms with van der Waals surface area (Å²) >= 11 is 0. The zero-order valence-corrected chi connectivity index (χ0v) is 16.6. The minimum Gasteiger partial charge on any atom is -0.507 e. The van der Waals surface area contributed by atoms with E-state index in [2.05, 4.69) is 6.58 Å². The highest BCUT2D eigenvalue weighted by molar-refractivity contribution is 5.94. The molecular weight excluding hydrogens is 372 g/mol. The summed E-state index contributed by atoms with van der Waals surface area (Å²) in [6, 6.07) is 4.90. The molecule has 1 heterocycles. The Kier molecular flexibility index (Phi) is 8.68. The van der Waals surface area contributed by atoms with Gasteiger partial charge in [-0.15, -0.1) is 0 Å². The smallest absolute Gasteiger partial charge is 0.342 e. The standard InChI is InChI=1S/C23H28O6/c1-3-14-28-21(26)13-7-11-18-15-20(25)16(2)8-4-5-9-17-10-6-12-19(24)22(17)23(27)29-18/h3-7,10,12-13,16,18,20,24-25H,1,8-9,11,14-15H2,2H3/t16-,18?,20+/m0/s1. The van der Waals surface area contributed by atoms with Gasteiger partial charge in [0.25, 0.3) is 0 Å². The van der Waals surface area contributed by atoms with E-state index in [0.717, 1.165) is 0 Å². The molecular formula is C23H28O6. The number of hydrogen-bond acceptors (Lipinski definition) is 6. The molecule has 0 amide bonds. The number of aliphatic hydroxyl groups excluding tert-OH is 1. The summed E-state index contributed by atoms with van der Waals surface area (Å²) < 4.78 is 10.5. The number of cyclic esters (lactones) is 1. The summed E-state index contributed by atoms with van der Waals surface area (Å²) in [5.41, 5.74) is 0.793. The molecule has 1 aliphatic heterocycles. The molecule has 0 saturated carbocycles. The number of allylic oxidation sites excluding steroid dienone is 2. The van der Waals surface area contributed by atoms with Gasteiger partial charge in [0.2, 0.25) is 0 Å². The van der Waals surface area contributed by atoms with Crippen LogP contribution in [0.25, 0.3) is 0 Å². The molecule has 6 nitrogen and oxygen atoms in total. The Morgan fingerprint density at radius 1 is 1.38 bits per heavy atom. The predicted molar refractivity (Wildman–Crippen MR) is 109 cm³/mol. The first-order chi connectivity index (χ1) is 13.9. The van der Waals surface area contributed by atoms with Crippen molar-refractivity contribution >= 4 is 11.9 Å². The van der Waals surface area contributed by atoms with E-state index in [1.54, 1.807) is 18.2 Å². The molecule has 0 aliphatic carbocycles. The molecule has 0 fully saturated rings. The van der Waals surface area contributed by atoms with Gasteiger partial charge in [-0.1, -0.05) is 49.9 Å². The fraction of sp³-hybridized carbons (Fsp3) is 0.391. The van der Waals surface area contributed by atoms with Crippen molar-refractivity contribution in [2.24, 2.45) is 5.92 Å². The van der Waals surface area contributed by atoms with Crippen molar-refractivity contribution in [1.29, 1.82) is 0 Å². The molecule has 2 N–H and O–H groups in total. The summed E-state index contributed by atoms with van der Waals surface area (Å²) in [7, 11) is 0. The average molecular weight is 400 g/mol. The zero-order valence-electron chi connectivity index (χ0n) is 16.6. The number of fused-ring (bicyclic) bond motifs is 1. The lowest BCUT2D eigenvalue weighted by atomic mass is 9.93. The highest BCUT2D eigenvalue weighted by Crippen LogP contribution is 2.26. The largest absolute Gasteiger partial charge is 0.507 e. The fourth-order valence-corrected chi connectivity index (χ4v) is 3.08. The molecule has 0 saturated heterocycles. The van der Waals surface area contributed by atoms with Crippen LogP contribution in [-0.4, -0.2) is 41.0 Å². The van der Waals surface area contributed by atoms with Crippen LogP contribution >= 0.6 is 0 Å². The minimum atomic E-state index is -0.679. The van der Waals surface area contributed by atoms with Crippen molar-refractivity contribution in [2.45, 2.75) is 44.8 Å². The Morgan fingerprint density at radius 3 is 2.93 bits per heavy atom. The van der Waals surface area contributed by atoms with E-state index in [1.165, 1.54) is 18.2 Å². The third kappa shape index (κ3) is 6.91. The van der Waals surface area contributed by atoms with Crippen molar-refractivity contribution in [2.75, 3.05) is 6.61 Å². The third-order valence-corrected chi connectivity index (χ3v) is 4.78. The normalized spacial score (nSPS) is 22.8. The number of ether oxygens (including phenoxy) is 2. The number of phenolic OH excluding ortho intramolecular Hbond substituents is 1. The number of aliphatic hydroxyl groups is 1. The maximum atomic E-state index is 12.8. The quantitative estimate of drug-likeness (QED) is 0.447. The molecule has 0 radical (unpaired) electrons. The number of carbonyl (C=O) groups excluding carboxylic acids is 2. The summed E-state index contributed by atoms with van der Waals surface area (Å²) in [5, 5.41) is 20.7. The lowest BCUT2D eigenvalue weighted by Gasteiger charge is -2.24. The highest BCUT2D eigenvalue weighted by Gasteiger charge is 2.25. The number of hydrogen-bond donors (Lipinski definition) is 2. The Balaban J connectivity index is 2.22. The second-order valence-corrected chi connectivity index (χ2v) is 7.09. The number of aromatic hydroxyl groups is 1. The average Bonchev–Trinajstić information content (AvgIpc) is 2.68. The van der Waals surface area contributed by atoms with E-state index < -0.39 is 24.1 Å². The van der Waals surface area contributed by atoms with Crippen LogP contribution in [0.15, 0.2) is 55.2 Å². The van der Waals surface area contributed by atoms with E-state index in [-0.39, 0.29) is 36.7 Å². The molecule has 1 aliphatic rings. The second kappa shape index (κ2) is 11.2. The van der Waals surface area contributed by atoms with Crippen molar-refractivity contribution in [3.63, 3.8) is 0 Å². The first-order valence-corrected chi connectivity index (χ1v) is 9.71. The Labute approximate surface area is 171 Å². The molecule has 3 atom stereocenters. The molecule has 1 aromatic rings. The van der Waals surface area contributed by atoms with Crippen LogP contribution in [0.2, 0.25) is 0 Å². The third-order valence-electron chi connectivity index (χ3n) is 4.78. The number of carbonyl (C=O) groups is 2. The summed E-state index contributed by atoms with van der Waals surface area (Å²) in [5.74, 6) is -1.34. The Hall–Kier alpha value is -2.86. The fourth-order valence-electron chi connectivity index (χ4n) is 3.08. The molecule has 1 aromatic carbocycles. The van der Waals surface area contributed by atoms with Crippen LogP contribution in [0.4, 0.5) is 0 Å².